The van der Waals surface area contributed by atoms with Crippen LogP contribution in [0.1, 0.15) is 0 Å². The molecule has 0 aliphatic carbocycles. The Morgan fingerprint density at radius 3 is 1.48 bits per heavy atom. The van der Waals surface area contributed by atoms with E-state index >= 15 is 0 Å². The van der Waals surface area contributed by atoms with Gasteiger partial charge in [-0.15, -0.1) is 0 Å². The van der Waals surface area contributed by atoms with Crippen molar-refractivity contribution in [2.45, 2.75) is 0 Å². The van der Waals surface area contributed by atoms with Crippen LogP contribution in [0.4, 0.5) is 0 Å². The van der Waals surface area contributed by atoms with E-state index in [1.54, 1.807) is 0 Å². The molecule has 4 aromatic carbocycles. The first-order valence-corrected chi connectivity index (χ1v) is 9.65. The average Bonchev–Trinajstić information content (AvgIpc) is 3.30. The maximum Gasteiger partial charge on any atom is 0.227 e. The molecule has 29 heavy (non-hydrogen) atoms. The lowest BCUT2D eigenvalue weighted by Gasteiger charge is -2.08. The molecule has 2 nitrogen and oxygen atoms in total. The normalized spacial score (nSPS) is 10.8. The van der Waals surface area contributed by atoms with Crippen LogP contribution in [-0.4, -0.2) is 4.98 Å². The summed E-state index contributed by atoms with van der Waals surface area (Å²) in [4.78, 5) is 4.62. The second-order valence-corrected chi connectivity index (χ2v) is 6.85. The number of benzene rings is 4. The third-order valence-electron chi connectivity index (χ3n) is 5.03. The SMILES string of the molecule is c1ccc(-c2ccccc2-c2cnc(-c3ccccc3-c3ccccc3)o2)cc1. The van der Waals surface area contributed by atoms with Crippen molar-refractivity contribution in [2.24, 2.45) is 0 Å². The highest BCUT2D eigenvalue weighted by molar-refractivity contribution is 5.83. The summed E-state index contributed by atoms with van der Waals surface area (Å²) in [6.45, 7) is 0. The molecule has 0 N–H and O–H groups in total. The van der Waals surface area contributed by atoms with Gasteiger partial charge in [-0.1, -0.05) is 103 Å². The van der Waals surface area contributed by atoms with Gasteiger partial charge in [0.2, 0.25) is 5.89 Å². The van der Waals surface area contributed by atoms with Gasteiger partial charge in [-0.3, -0.25) is 0 Å². The standard InChI is InChI=1S/C27H19NO/c1-3-11-20(12-4-1)22-15-7-9-17-24(22)26-19-28-27(29-26)25-18-10-8-16-23(25)21-13-5-2-6-14-21/h1-19H. The Kier molecular flexibility index (Phi) is 4.51. The molecule has 0 fully saturated rings. The highest BCUT2D eigenvalue weighted by Gasteiger charge is 2.15. The van der Waals surface area contributed by atoms with Crippen molar-refractivity contribution < 1.29 is 4.42 Å². The van der Waals surface area contributed by atoms with Gasteiger partial charge in [-0.05, 0) is 28.3 Å². The number of nitrogens with zero attached hydrogens (tertiary/aromatic N) is 1. The first kappa shape index (κ1) is 17.2. The van der Waals surface area contributed by atoms with E-state index < -0.39 is 0 Å². The monoisotopic (exact) mass is 373 g/mol. The van der Waals surface area contributed by atoms with Crippen LogP contribution >= 0.6 is 0 Å². The molecule has 5 rings (SSSR count). The Bertz CT molecular complexity index is 1140. The van der Waals surface area contributed by atoms with E-state index in [1.807, 2.05) is 66.9 Å². The fraction of sp³-hybridized carbons (Fsp3) is 0. The van der Waals surface area contributed by atoms with Gasteiger partial charge >= 0.3 is 0 Å². The Labute approximate surface area is 170 Å². The second kappa shape index (κ2) is 7.61. The van der Waals surface area contributed by atoms with E-state index in [9.17, 15) is 0 Å². The van der Waals surface area contributed by atoms with E-state index in [2.05, 4.69) is 53.5 Å². The highest BCUT2D eigenvalue weighted by atomic mass is 16.4. The van der Waals surface area contributed by atoms with Gasteiger partial charge < -0.3 is 4.42 Å². The summed E-state index contributed by atoms with van der Waals surface area (Å²) < 4.78 is 6.27. The van der Waals surface area contributed by atoms with Crippen LogP contribution in [0.5, 0.6) is 0 Å². The number of oxazole rings is 1. The zero-order chi connectivity index (χ0) is 19.5. The van der Waals surface area contributed by atoms with E-state index in [0.29, 0.717) is 5.89 Å². The van der Waals surface area contributed by atoms with Gasteiger partial charge in [0.25, 0.3) is 0 Å². The molecule has 2 heteroatoms. The van der Waals surface area contributed by atoms with Crippen molar-refractivity contribution in [3.63, 3.8) is 0 Å². The molecule has 0 saturated heterocycles. The molecule has 0 atom stereocenters. The van der Waals surface area contributed by atoms with Gasteiger partial charge in [0.15, 0.2) is 5.76 Å². The minimum Gasteiger partial charge on any atom is -0.436 e. The number of rotatable bonds is 4. The molecule has 0 unspecified atom stereocenters. The smallest absolute Gasteiger partial charge is 0.227 e. The van der Waals surface area contributed by atoms with Crippen LogP contribution in [0, 0.1) is 0 Å². The molecule has 0 aliphatic heterocycles. The van der Waals surface area contributed by atoms with E-state index in [1.165, 1.54) is 0 Å². The quantitative estimate of drug-likeness (QED) is 0.329. The van der Waals surface area contributed by atoms with Crippen LogP contribution in [0.15, 0.2) is 120 Å². The molecule has 0 aliphatic rings. The van der Waals surface area contributed by atoms with Crippen molar-refractivity contribution in [1.29, 1.82) is 0 Å². The Morgan fingerprint density at radius 1 is 0.448 bits per heavy atom. The lowest BCUT2D eigenvalue weighted by molar-refractivity contribution is 0.589. The first-order chi connectivity index (χ1) is 14.4. The van der Waals surface area contributed by atoms with Crippen molar-refractivity contribution in [1.82, 2.24) is 4.98 Å². The number of aromatic nitrogens is 1. The molecule has 5 aromatic rings. The fourth-order valence-electron chi connectivity index (χ4n) is 3.63. The van der Waals surface area contributed by atoms with Crippen LogP contribution in [0.2, 0.25) is 0 Å². The summed E-state index contributed by atoms with van der Waals surface area (Å²) >= 11 is 0. The summed E-state index contributed by atoms with van der Waals surface area (Å²) in [6.07, 6.45) is 1.82. The molecule has 0 spiro atoms. The molecule has 1 aromatic heterocycles. The molecule has 138 valence electrons. The van der Waals surface area contributed by atoms with E-state index in [0.717, 1.165) is 39.1 Å². The highest BCUT2D eigenvalue weighted by Crippen LogP contribution is 2.36. The maximum absolute atomic E-state index is 6.27. The molecular formula is C27H19NO. The molecule has 0 amide bonds. The van der Waals surface area contributed by atoms with Gasteiger partial charge in [-0.2, -0.15) is 0 Å². The number of hydrogen-bond acceptors (Lipinski definition) is 2. The van der Waals surface area contributed by atoms with Crippen LogP contribution < -0.4 is 0 Å². The molecule has 0 radical (unpaired) electrons. The summed E-state index contributed by atoms with van der Waals surface area (Å²) in [5.41, 5.74) is 6.57. The molecule has 0 bridgehead atoms. The minimum absolute atomic E-state index is 0.627. The van der Waals surface area contributed by atoms with Gasteiger partial charge in [0.1, 0.15) is 0 Å². The fourth-order valence-corrected chi connectivity index (χ4v) is 3.63. The minimum atomic E-state index is 0.627. The van der Waals surface area contributed by atoms with Crippen LogP contribution in [0.25, 0.3) is 45.0 Å². The van der Waals surface area contributed by atoms with Crippen LogP contribution in [-0.2, 0) is 0 Å². The lowest BCUT2D eigenvalue weighted by atomic mass is 9.98. The zero-order valence-electron chi connectivity index (χ0n) is 15.8. The van der Waals surface area contributed by atoms with Gasteiger partial charge in [0.05, 0.1) is 6.20 Å². The largest absolute Gasteiger partial charge is 0.436 e. The van der Waals surface area contributed by atoms with Crippen molar-refractivity contribution in [2.75, 3.05) is 0 Å². The maximum atomic E-state index is 6.27. The number of hydrogen-bond donors (Lipinski definition) is 0. The second-order valence-electron chi connectivity index (χ2n) is 6.85. The van der Waals surface area contributed by atoms with Crippen molar-refractivity contribution >= 4 is 0 Å². The molecule has 0 saturated carbocycles. The van der Waals surface area contributed by atoms with Gasteiger partial charge in [0, 0.05) is 11.1 Å². The topological polar surface area (TPSA) is 26.0 Å². The Balaban J connectivity index is 1.60. The zero-order valence-corrected chi connectivity index (χ0v) is 15.8. The molecule has 1 heterocycles. The third kappa shape index (κ3) is 3.37. The van der Waals surface area contributed by atoms with Crippen molar-refractivity contribution in [3.8, 4) is 45.0 Å². The van der Waals surface area contributed by atoms with E-state index in [-0.39, 0.29) is 0 Å². The summed E-state index contributed by atoms with van der Waals surface area (Å²) in [5, 5.41) is 0. The third-order valence-corrected chi connectivity index (χ3v) is 5.03. The Morgan fingerprint density at radius 2 is 0.897 bits per heavy atom. The summed E-state index contributed by atoms with van der Waals surface area (Å²) in [5.74, 6) is 1.39. The van der Waals surface area contributed by atoms with Crippen molar-refractivity contribution in [3.05, 3.63) is 115 Å². The van der Waals surface area contributed by atoms with Gasteiger partial charge in [-0.25, -0.2) is 4.98 Å². The van der Waals surface area contributed by atoms with Crippen LogP contribution in [0.3, 0.4) is 0 Å². The summed E-state index contributed by atoms with van der Waals surface area (Å²) in [7, 11) is 0. The lowest BCUT2D eigenvalue weighted by Crippen LogP contribution is -1.84. The molecular weight excluding hydrogens is 354 g/mol. The summed E-state index contributed by atoms with van der Waals surface area (Å²) in [6, 6.07) is 37.2. The average molecular weight is 373 g/mol. The predicted octanol–water partition coefficient (Wildman–Crippen LogP) is 7.34. The Hall–Kier alpha value is -3.91. The predicted molar refractivity (Wildman–Crippen MR) is 118 cm³/mol. The van der Waals surface area contributed by atoms with E-state index in [4.69, 9.17) is 4.42 Å². The first-order valence-electron chi connectivity index (χ1n) is 9.65.